The Kier molecular flexibility index (Phi) is 8.91. The van der Waals surface area contributed by atoms with Gasteiger partial charge in [-0.2, -0.15) is 0 Å². The summed E-state index contributed by atoms with van der Waals surface area (Å²) >= 11 is 0. The lowest BCUT2D eigenvalue weighted by molar-refractivity contribution is 0.646. The Morgan fingerprint density at radius 2 is 1.06 bits per heavy atom. The van der Waals surface area contributed by atoms with Gasteiger partial charge in [0.05, 0.1) is 5.69 Å². The Labute approximate surface area is 375 Å². The van der Waals surface area contributed by atoms with E-state index in [4.69, 9.17) is 4.42 Å². The molecule has 1 heterocycles. The van der Waals surface area contributed by atoms with Crippen LogP contribution in [0.2, 0.25) is 0 Å². The zero-order valence-electron chi connectivity index (χ0n) is 36.3. The van der Waals surface area contributed by atoms with E-state index in [1.807, 2.05) is 6.07 Å². The van der Waals surface area contributed by atoms with Crippen LogP contribution >= 0.6 is 0 Å². The van der Waals surface area contributed by atoms with Crippen LogP contribution in [0.4, 0.5) is 17.1 Å². The molecule has 306 valence electrons. The summed E-state index contributed by atoms with van der Waals surface area (Å²) in [5.41, 5.74) is 20.6. The SMILES string of the molecule is CC1CC2=C(C=C1c1ccc(N(c3ccc(-c4cccc5c4oc4ccccc45)cc3)c3ccccc3-c3cccc4cccc(-c5ccccc5)c34)cc1)C(C)(C)c1ccccc12. The van der Waals surface area contributed by atoms with Crippen LogP contribution in [0.3, 0.4) is 0 Å². The highest BCUT2D eigenvalue weighted by Gasteiger charge is 2.39. The molecule has 0 radical (unpaired) electrons. The third-order valence-electron chi connectivity index (χ3n) is 14.0. The van der Waals surface area contributed by atoms with Crippen LogP contribution in [-0.2, 0) is 5.41 Å². The predicted octanol–water partition coefficient (Wildman–Crippen LogP) is 17.4. The molecule has 12 rings (SSSR count). The Morgan fingerprint density at radius 3 is 1.84 bits per heavy atom. The van der Waals surface area contributed by atoms with Gasteiger partial charge >= 0.3 is 0 Å². The number of furan rings is 1. The second kappa shape index (κ2) is 15.0. The first kappa shape index (κ1) is 38.0. The van der Waals surface area contributed by atoms with Crippen LogP contribution in [0, 0.1) is 5.92 Å². The van der Waals surface area contributed by atoms with Crippen molar-refractivity contribution in [1.82, 2.24) is 0 Å². The smallest absolute Gasteiger partial charge is 0.143 e. The van der Waals surface area contributed by atoms with Gasteiger partial charge in [0.15, 0.2) is 0 Å². The highest BCUT2D eigenvalue weighted by Crippen LogP contribution is 2.54. The molecule has 2 nitrogen and oxygen atoms in total. The summed E-state index contributed by atoms with van der Waals surface area (Å²) in [5, 5.41) is 4.74. The summed E-state index contributed by atoms with van der Waals surface area (Å²) in [7, 11) is 0. The highest BCUT2D eigenvalue weighted by atomic mass is 16.3. The lowest BCUT2D eigenvalue weighted by Gasteiger charge is -2.30. The van der Waals surface area contributed by atoms with E-state index in [2.05, 4.69) is 232 Å². The van der Waals surface area contributed by atoms with Crippen molar-refractivity contribution in [3.05, 3.63) is 235 Å². The van der Waals surface area contributed by atoms with Crippen molar-refractivity contribution < 1.29 is 4.42 Å². The van der Waals surface area contributed by atoms with E-state index < -0.39 is 0 Å². The van der Waals surface area contributed by atoms with Crippen molar-refractivity contribution in [3.8, 4) is 33.4 Å². The molecule has 2 aliphatic rings. The van der Waals surface area contributed by atoms with E-state index in [0.29, 0.717) is 5.92 Å². The summed E-state index contributed by atoms with van der Waals surface area (Å²) < 4.78 is 6.50. The van der Waals surface area contributed by atoms with Crippen LogP contribution in [0.15, 0.2) is 222 Å². The summed E-state index contributed by atoms with van der Waals surface area (Å²) in [5.74, 6) is 0.400. The second-order valence-corrected chi connectivity index (χ2v) is 18.1. The minimum atomic E-state index is -0.0259. The molecule has 1 atom stereocenters. The lowest BCUT2D eigenvalue weighted by Crippen LogP contribution is -2.18. The van der Waals surface area contributed by atoms with Gasteiger partial charge in [0, 0.05) is 38.7 Å². The minimum absolute atomic E-state index is 0.0259. The minimum Gasteiger partial charge on any atom is -0.455 e. The fourth-order valence-corrected chi connectivity index (χ4v) is 10.8. The Morgan fingerprint density at radius 1 is 0.484 bits per heavy atom. The number of allylic oxidation sites excluding steroid dienone is 4. The van der Waals surface area contributed by atoms with E-state index in [9.17, 15) is 0 Å². The third kappa shape index (κ3) is 6.08. The van der Waals surface area contributed by atoms with Gasteiger partial charge < -0.3 is 9.32 Å². The molecule has 2 aliphatic carbocycles. The number of rotatable bonds is 7. The molecule has 9 aromatic carbocycles. The van der Waals surface area contributed by atoms with E-state index in [0.717, 1.165) is 56.5 Å². The van der Waals surface area contributed by atoms with E-state index in [1.54, 1.807) is 0 Å². The van der Waals surface area contributed by atoms with Crippen molar-refractivity contribution in [2.45, 2.75) is 32.6 Å². The highest BCUT2D eigenvalue weighted by molar-refractivity contribution is 6.10. The topological polar surface area (TPSA) is 16.4 Å². The molecule has 10 aromatic rings. The quantitative estimate of drug-likeness (QED) is 0.159. The standard InChI is InChI=1S/C62H47NO/c1-40-38-55-49-20-7-10-27-56(49)62(2,3)57(55)39-54(40)43-32-36-46(37-33-43)63(45-34-30-42(31-35-45)48-24-15-26-53-51-22-9-12-29-59(51)64-61(48)53)58-28-11-8-21-50(58)52-25-14-19-44-18-13-23-47(60(44)52)41-16-5-4-6-17-41/h4-37,39-40H,38H2,1-3H3. The van der Waals surface area contributed by atoms with Crippen molar-refractivity contribution in [2.24, 2.45) is 5.92 Å². The maximum atomic E-state index is 6.50. The molecule has 0 bridgehead atoms. The molecule has 2 heteroatoms. The van der Waals surface area contributed by atoms with E-state index in [-0.39, 0.29) is 5.41 Å². The van der Waals surface area contributed by atoms with Crippen LogP contribution in [0.25, 0.3) is 77.2 Å². The monoisotopic (exact) mass is 821 g/mol. The first-order chi connectivity index (χ1) is 31.4. The number of anilines is 3. The number of para-hydroxylation sites is 3. The van der Waals surface area contributed by atoms with Crippen molar-refractivity contribution in [3.63, 3.8) is 0 Å². The van der Waals surface area contributed by atoms with Gasteiger partial charge in [0.1, 0.15) is 11.2 Å². The van der Waals surface area contributed by atoms with Crippen molar-refractivity contribution in [1.29, 1.82) is 0 Å². The van der Waals surface area contributed by atoms with Gasteiger partial charge in [-0.1, -0.05) is 197 Å². The van der Waals surface area contributed by atoms with Gasteiger partial charge in [0.2, 0.25) is 0 Å². The largest absolute Gasteiger partial charge is 0.455 e. The first-order valence-corrected chi connectivity index (χ1v) is 22.6. The summed E-state index contributed by atoms with van der Waals surface area (Å²) in [6.07, 6.45) is 3.56. The van der Waals surface area contributed by atoms with Crippen LogP contribution < -0.4 is 4.90 Å². The Hall–Kier alpha value is -7.68. The van der Waals surface area contributed by atoms with Crippen LogP contribution in [0.1, 0.15) is 43.9 Å². The van der Waals surface area contributed by atoms with Gasteiger partial charge in [-0.15, -0.1) is 0 Å². The Balaban J connectivity index is 1.00. The molecule has 1 unspecified atom stereocenters. The molecule has 0 spiro atoms. The average molecular weight is 822 g/mol. The van der Waals surface area contributed by atoms with Gasteiger partial charge in [-0.25, -0.2) is 0 Å². The fourth-order valence-electron chi connectivity index (χ4n) is 10.8. The molecule has 0 saturated carbocycles. The molecular formula is C62H47NO. The maximum absolute atomic E-state index is 6.50. The number of hydrogen-bond acceptors (Lipinski definition) is 2. The summed E-state index contributed by atoms with van der Waals surface area (Å²) in [6.45, 7) is 7.16. The van der Waals surface area contributed by atoms with Gasteiger partial charge in [0.25, 0.3) is 0 Å². The predicted molar refractivity (Wildman–Crippen MR) is 270 cm³/mol. The summed E-state index contributed by atoms with van der Waals surface area (Å²) in [4.78, 5) is 2.44. The first-order valence-electron chi connectivity index (χ1n) is 22.6. The molecule has 0 aliphatic heterocycles. The zero-order valence-corrected chi connectivity index (χ0v) is 36.3. The number of fused-ring (bicyclic) bond motifs is 6. The lowest BCUT2D eigenvalue weighted by atomic mass is 9.75. The van der Waals surface area contributed by atoms with E-state index >= 15 is 0 Å². The molecule has 0 N–H and O–H groups in total. The normalized spacial score (nSPS) is 15.4. The third-order valence-corrected chi connectivity index (χ3v) is 14.0. The molecule has 0 amide bonds. The van der Waals surface area contributed by atoms with Crippen molar-refractivity contribution >= 4 is 60.9 Å². The molecule has 0 saturated heterocycles. The average Bonchev–Trinajstić information content (AvgIpc) is 3.83. The molecule has 1 aromatic heterocycles. The molecular weight excluding hydrogens is 775 g/mol. The molecule has 64 heavy (non-hydrogen) atoms. The Bertz CT molecular complexity index is 3490. The summed E-state index contributed by atoms with van der Waals surface area (Å²) in [6, 6.07) is 75.2. The van der Waals surface area contributed by atoms with Gasteiger partial charge in [-0.05, 0) is 115 Å². The molecule has 0 fully saturated rings. The fraction of sp³-hybridized carbons (Fsp3) is 0.0968. The number of nitrogens with zero attached hydrogens (tertiary/aromatic N) is 1. The zero-order chi connectivity index (χ0) is 42.9. The van der Waals surface area contributed by atoms with E-state index in [1.165, 1.54) is 66.4 Å². The van der Waals surface area contributed by atoms with Crippen LogP contribution in [-0.4, -0.2) is 0 Å². The van der Waals surface area contributed by atoms with Crippen LogP contribution in [0.5, 0.6) is 0 Å². The number of benzene rings is 9. The maximum Gasteiger partial charge on any atom is 0.143 e. The second-order valence-electron chi connectivity index (χ2n) is 18.1. The number of hydrogen-bond donors (Lipinski definition) is 0. The van der Waals surface area contributed by atoms with Gasteiger partial charge in [-0.3, -0.25) is 0 Å². The van der Waals surface area contributed by atoms with Crippen molar-refractivity contribution in [2.75, 3.05) is 4.90 Å².